The Hall–Kier alpha value is -0.910. The van der Waals surface area contributed by atoms with Crippen LogP contribution in [0.15, 0.2) is 23.3 Å². The van der Waals surface area contributed by atoms with E-state index in [1.807, 2.05) is 13.2 Å². The molecule has 1 rings (SSSR count). The number of pyridine rings is 1. The zero-order valence-electron chi connectivity index (χ0n) is 15.3. The lowest BCUT2D eigenvalue weighted by atomic mass is 10.2. The van der Waals surface area contributed by atoms with Crippen LogP contribution in [0.5, 0.6) is 5.88 Å². The van der Waals surface area contributed by atoms with Crippen molar-refractivity contribution in [3.63, 3.8) is 0 Å². The van der Waals surface area contributed by atoms with E-state index in [2.05, 4.69) is 39.2 Å². The summed E-state index contributed by atoms with van der Waals surface area (Å²) in [5.74, 6) is 0.589. The van der Waals surface area contributed by atoms with E-state index < -0.39 is 12.8 Å². The Bertz CT molecular complexity index is 571. The summed E-state index contributed by atoms with van der Waals surface area (Å²) in [7, 11) is 0. The Kier molecular flexibility index (Phi) is 11.3. The highest BCUT2D eigenvalue weighted by atomic mass is 127. The SMILES string of the molecule is CCNC(=NCc1ccnc(OCC(F)(F)F)c1)NCC(C)(C)SC.I. The molecule has 0 amide bonds. The van der Waals surface area contributed by atoms with Gasteiger partial charge < -0.3 is 15.4 Å². The van der Waals surface area contributed by atoms with Crippen LogP contribution in [-0.2, 0) is 6.54 Å². The van der Waals surface area contributed by atoms with Crippen LogP contribution >= 0.6 is 35.7 Å². The van der Waals surface area contributed by atoms with E-state index in [1.165, 1.54) is 12.3 Å². The number of aliphatic imine (C=N–C) groups is 1. The van der Waals surface area contributed by atoms with Crippen molar-refractivity contribution in [3.8, 4) is 5.88 Å². The summed E-state index contributed by atoms with van der Waals surface area (Å²) in [5.41, 5.74) is 0.716. The Balaban J connectivity index is 0.00000625. The molecule has 0 spiro atoms. The van der Waals surface area contributed by atoms with Crippen molar-refractivity contribution in [2.45, 2.75) is 38.2 Å². The lowest BCUT2D eigenvalue weighted by Gasteiger charge is -2.23. The standard InChI is InChI=1S/C16H25F3N4OS.HI/c1-5-20-14(23-10-15(2,3)25-4)22-9-12-6-7-21-13(8-12)24-11-16(17,18)19;/h6-8H,5,9-11H2,1-4H3,(H2,20,22,23);1H. The van der Waals surface area contributed by atoms with Crippen LogP contribution in [0.4, 0.5) is 13.2 Å². The van der Waals surface area contributed by atoms with E-state index in [0.29, 0.717) is 24.6 Å². The number of ether oxygens (including phenoxy) is 1. The average molecular weight is 506 g/mol. The largest absolute Gasteiger partial charge is 0.468 e. The van der Waals surface area contributed by atoms with Crippen molar-refractivity contribution in [1.29, 1.82) is 0 Å². The van der Waals surface area contributed by atoms with Gasteiger partial charge in [-0.1, -0.05) is 0 Å². The molecule has 26 heavy (non-hydrogen) atoms. The van der Waals surface area contributed by atoms with Crippen LogP contribution in [-0.4, -0.2) is 47.8 Å². The van der Waals surface area contributed by atoms with Crippen LogP contribution in [0.25, 0.3) is 0 Å². The average Bonchev–Trinajstić information content (AvgIpc) is 2.55. The minimum atomic E-state index is -4.39. The Morgan fingerprint density at radius 2 is 2.00 bits per heavy atom. The van der Waals surface area contributed by atoms with Gasteiger partial charge in [0.1, 0.15) is 0 Å². The lowest BCUT2D eigenvalue weighted by molar-refractivity contribution is -0.154. The topological polar surface area (TPSA) is 58.5 Å². The number of alkyl halides is 3. The fourth-order valence-corrected chi connectivity index (χ4v) is 1.88. The highest BCUT2D eigenvalue weighted by Gasteiger charge is 2.28. The molecular weight excluding hydrogens is 480 g/mol. The second-order valence-corrected chi connectivity index (χ2v) is 7.43. The zero-order valence-corrected chi connectivity index (χ0v) is 18.5. The molecule has 1 aromatic rings. The summed E-state index contributed by atoms with van der Waals surface area (Å²) in [5, 5.41) is 6.41. The predicted molar refractivity (Wildman–Crippen MR) is 112 cm³/mol. The van der Waals surface area contributed by atoms with Gasteiger partial charge in [-0.15, -0.1) is 24.0 Å². The van der Waals surface area contributed by atoms with Crippen molar-refractivity contribution in [1.82, 2.24) is 15.6 Å². The third-order valence-corrected chi connectivity index (χ3v) is 4.43. The number of thioether (sulfide) groups is 1. The lowest BCUT2D eigenvalue weighted by Crippen LogP contribution is -2.43. The molecular formula is C16H26F3IN4OS. The van der Waals surface area contributed by atoms with Gasteiger partial charge in [0.25, 0.3) is 0 Å². The molecule has 0 aliphatic heterocycles. The minimum absolute atomic E-state index is 0. The number of guanidine groups is 1. The van der Waals surface area contributed by atoms with Gasteiger partial charge in [-0.3, -0.25) is 0 Å². The molecule has 0 bridgehead atoms. The molecule has 5 nitrogen and oxygen atoms in total. The van der Waals surface area contributed by atoms with Crippen LogP contribution in [0.3, 0.4) is 0 Å². The van der Waals surface area contributed by atoms with Gasteiger partial charge >= 0.3 is 6.18 Å². The molecule has 2 N–H and O–H groups in total. The van der Waals surface area contributed by atoms with Crippen molar-refractivity contribution >= 4 is 41.7 Å². The fraction of sp³-hybridized carbons (Fsp3) is 0.625. The molecule has 0 saturated heterocycles. The molecule has 0 radical (unpaired) electrons. The van der Waals surface area contributed by atoms with Gasteiger partial charge in [-0.05, 0) is 38.7 Å². The summed E-state index contributed by atoms with van der Waals surface area (Å²) < 4.78 is 41.3. The zero-order chi connectivity index (χ0) is 18.9. The number of hydrogen-bond donors (Lipinski definition) is 2. The molecule has 0 atom stereocenters. The number of halogens is 4. The van der Waals surface area contributed by atoms with Gasteiger partial charge in [0, 0.05) is 30.1 Å². The second-order valence-electron chi connectivity index (χ2n) is 5.92. The van der Waals surface area contributed by atoms with E-state index in [9.17, 15) is 13.2 Å². The van der Waals surface area contributed by atoms with Crippen molar-refractivity contribution in [2.75, 3.05) is 26.0 Å². The van der Waals surface area contributed by atoms with Crippen LogP contribution < -0.4 is 15.4 Å². The molecule has 0 fully saturated rings. The summed E-state index contributed by atoms with van der Waals surface area (Å²) in [6.07, 6.45) is -0.930. The maximum absolute atomic E-state index is 12.2. The smallest absolute Gasteiger partial charge is 0.422 e. The first-order valence-electron chi connectivity index (χ1n) is 7.87. The van der Waals surface area contributed by atoms with Crippen LogP contribution in [0, 0.1) is 0 Å². The molecule has 0 aliphatic carbocycles. The van der Waals surface area contributed by atoms with Crippen molar-refractivity contribution in [3.05, 3.63) is 23.9 Å². The molecule has 0 aromatic carbocycles. The third kappa shape index (κ3) is 10.9. The van der Waals surface area contributed by atoms with Crippen LogP contribution in [0.2, 0.25) is 0 Å². The summed E-state index contributed by atoms with van der Waals surface area (Å²) in [6.45, 7) is 6.61. The Morgan fingerprint density at radius 1 is 1.31 bits per heavy atom. The summed E-state index contributed by atoms with van der Waals surface area (Å²) >= 11 is 1.75. The number of aromatic nitrogens is 1. The first kappa shape index (κ1) is 25.1. The third-order valence-electron chi connectivity index (χ3n) is 3.18. The molecule has 1 aromatic heterocycles. The van der Waals surface area contributed by atoms with E-state index in [1.54, 1.807) is 17.8 Å². The van der Waals surface area contributed by atoms with Gasteiger partial charge in [0.05, 0.1) is 6.54 Å². The Morgan fingerprint density at radius 3 is 2.58 bits per heavy atom. The summed E-state index contributed by atoms with van der Waals surface area (Å²) in [6, 6.07) is 3.16. The number of nitrogens with zero attached hydrogens (tertiary/aromatic N) is 2. The first-order chi connectivity index (χ1) is 11.6. The molecule has 150 valence electrons. The fourth-order valence-electron chi connectivity index (χ4n) is 1.66. The predicted octanol–water partition coefficient (Wildman–Crippen LogP) is 3.84. The monoisotopic (exact) mass is 506 g/mol. The van der Waals surface area contributed by atoms with Gasteiger partial charge in [0.2, 0.25) is 5.88 Å². The molecule has 1 heterocycles. The minimum Gasteiger partial charge on any atom is -0.468 e. The number of rotatable bonds is 8. The van der Waals surface area contributed by atoms with E-state index >= 15 is 0 Å². The second kappa shape index (κ2) is 11.7. The van der Waals surface area contributed by atoms with E-state index in [0.717, 1.165) is 6.54 Å². The van der Waals surface area contributed by atoms with E-state index in [-0.39, 0.29) is 34.6 Å². The quantitative estimate of drug-likeness (QED) is 0.319. The van der Waals surface area contributed by atoms with Gasteiger partial charge in [-0.25, -0.2) is 9.98 Å². The van der Waals surface area contributed by atoms with Crippen molar-refractivity contribution < 1.29 is 17.9 Å². The van der Waals surface area contributed by atoms with Crippen molar-refractivity contribution in [2.24, 2.45) is 4.99 Å². The maximum atomic E-state index is 12.2. The normalized spacial score (nSPS) is 12.3. The highest BCUT2D eigenvalue weighted by Crippen LogP contribution is 2.19. The molecule has 0 aliphatic rings. The molecule has 10 heteroatoms. The van der Waals surface area contributed by atoms with Crippen LogP contribution in [0.1, 0.15) is 26.3 Å². The maximum Gasteiger partial charge on any atom is 0.422 e. The molecule has 0 saturated carbocycles. The first-order valence-corrected chi connectivity index (χ1v) is 9.09. The highest BCUT2D eigenvalue weighted by molar-refractivity contribution is 14.0. The Labute approximate surface area is 174 Å². The van der Waals surface area contributed by atoms with E-state index in [4.69, 9.17) is 0 Å². The number of hydrogen-bond acceptors (Lipinski definition) is 4. The van der Waals surface area contributed by atoms with Gasteiger partial charge in [0.15, 0.2) is 12.6 Å². The summed E-state index contributed by atoms with van der Waals surface area (Å²) in [4.78, 5) is 8.23. The molecule has 0 unspecified atom stereocenters. The number of nitrogens with one attached hydrogen (secondary N) is 2. The van der Waals surface area contributed by atoms with Gasteiger partial charge in [-0.2, -0.15) is 24.9 Å².